The summed E-state index contributed by atoms with van der Waals surface area (Å²) in [5.74, 6) is 0.552. The molecule has 0 aliphatic carbocycles. The Morgan fingerprint density at radius 1 is 1.33 bits per heavy atom. The molecular formula is C23H22N4O3. The summed E-state index contributed by atoms with van der Waals surface area (Å²) < 4.78 is 7.24. The molecule has 3 heterocycles. The van der Waals surface area contributed by atoms with Crippen LogP contribution in [-0.4, -0.2) is 28.1 Å². The van der Waals surface area contributed by atoms with Crippen molar-refractivity contribution in [2.45, 2.75) is 19.4 Å². The predicted molar refractivity (Wildman–Crippen MR) is 116 cm³/mol. The molecule has 0 spiro atoms. The maximum absolute atomic E-state index is 12.7. The van der Waals surface area contributed by atoms with Gasteiger partial charge >= 0.3 is 0 Å². The van der Waals surface area contributed by atoms with Crippen LogP contribution in [0.2, 0.25) is 0 Å². The first kappa shape index (κ1) is 19.4. The van der Waals surface area contributed by atoms with E-state index in [9.17, 15) is 9.59 Å². The number of aryl methyl sites for hydroxylation is 1. The minimum Gasteiger partial charge on any atom is -0.359 e. The number of fused-ring (bicyclic) bond motifs is 3. The average Bonchev–Trinajstić information content (AvgIpc) is 3.28. The van der Waals surface area contributed by atoms with E-state index < -0.39 is 0 Å². The molecule has 0 saturated carbocycles. The molecule has 1 aromatic carbocycles. The van der Waals surface area contributed by atoms with Crippen LogP contribution in [0.1, 0.15) is 33.0 Å². The van der Waals surface area contributed by atoms with E-state index in [-0.39, 0.29) is 11.8 Å². The Balaban J connectivity index is 1.52. The normalized spacial score (nSPS) is 13.7. The summed E-state index contributed by atoms with van der Waals surface area (Å²) in [6, 6.07) is 8.92. The Bertz CT molecular complexity index is 1180. The minimum atomic E-state index is -0.296. The molecule has 0 radical (unpaired) electrons. The van der Waals surface area contributed by atoms with Crippen molar-refractivity contribution in [3.8, 4) is 0 Å². The second-order valence-electron chi connectivity index (χ2n) is 7.13. The molecule has 1 aliphatic rings. The number of anilines is 1. The van der Waals surface area contributed by atoms with Crippen LogP contribution in [0.4, 0.5) is 5.82 Å². The second kappa shape index (κ2) is 8.24. The molecule has 7 heteroatoms. The second-order valence-corrected chi connectivity index (χ2v) is 7.13. The van der Waals surface area contributed by atoms with Gasteiger partial charge in [0.15, 0.2) is 5.82 Å². The van der Waals surface area contributed by atoms with Crippen LogP contribution < -0.4 is 10.6 Å². The van der Waals surface area contributed by atoms with E-state index in [2.05, 4.69) is 28.9 Å². The van der Waals surface area contributed by atoms with Gasteiger partial charge in [-0.15, -0.1) is 0 Å². The van der Waals surface area contributed by atoms with Crippen molar-refractivity contribution in [3.63, 3.8) is 0 Å². The van der Waals surface area contributed by atoms with Gasteiger partial charge in [0.25, 0.3) is 11.8 Å². The molecule has 7 nitrogen and oxygen atoms in total. The van der Waals surface area contributed by atoms with E-state index in [1.165, 1.54) is 0 Å². The number of nitrogens with one attached hydrogen (secondary N) is 2. The highest BCUT2D eigenvalue weighted by Gasteiger charge is 2.19. The number of benzene rings is 1. The smallest absolute Gasteiger partial charge is 0.267 e. The molecule has 1 aliphatic heterocycles. The van der Waals surface area contributed by atoms with Gasteiger partial charge in [-0.1, -0.05) is 42.6 Å². The van der Waals surface area contributed by atoms with E-state index in [1.54, 1.807) is 30.4 Å². The molecule has 0 atom stereocenters. The van der Waals surface area contributed by atoms with Crippen molar-refractivity contribution in [3.05, 3.63) is 84.3 Å². The number of allylic oxidation sites excluding steroid dienone is 4. The number of carbonyl (C=O) groups excluding carboxylic acids is 2. The molecule has 30 heavy (non-hydrogen) atoms. The molecule has 3 aromatic rings. The van der Waals surface area contributed by atoms with Gasteiger partial charge < -0.3 is 19.7 Å². The lowest BCUT2D eigenvalue weighted by Crippen LogP contribution is -2.22. The third-order valence-electron chi connectivity index (χ3n) is 4.91. The third kappa shape index (κ3) is 3.96. The van der Waals surface area contributed by atoms with Crippen LogP contribution in [-0.2, 0) is 13.0 Å². The predicted octanol–water partition coefficient (Wildman–Crippen LogP) is 3.86. The van der Waals surface area contributed by atoms with Gasteiger partial charge in [-0.2, -0.15) is 0 Å². The Morgan fingerprint density at radius 2 is 2.20 bits per heavy atom. The fourth-order valence-electron chi connectivity index (χ4n) is 3.48. The van der Waals surface area contributed by atoms with Crippen molar-refractivity contribution in [1.82, 2.24) is 15.0 Å². The summed E-state index contributed by atoms with van der Waals surface area (Å²) in [7, 11) is 0. The molecule has 0 saturated heterocycles. The fourth-order valence-corrected chi connectivity index (χ4v) is 3.48. The van der Waals surface area contributed by atoms with Gasteiger partial charge in [-0.05, 0) is 30.2 Å². The van der Waals surface area contributed by atoms with Crippen molar-refractivity contribution >= 4 is 28.5 Å². The number of hydrogen-bond donors (Lipinski definition) is 2. The first-order valence-electron chi connectivity index (χ1n) is 9.70. The van der Waals surface area contributed by atoms with Crippen LogP contribution in [0, 0.1) is 0 Å². The van der Waals surface area contributed by atoms with Crippen LogP contribution in [0.15, 0.2) is 71.8 Å². The van der Waals surface area contributed by atoms with Crippen LogP contribution in [0.25, 0.3) is 10.9 Å². The highest BCUT2D eigenvalue weighted by Crippen LogP contribution is 2.24. The van der Waals surface area contributed by atoms with Gasteiger partial charge in [0.05, 0.1) is 0 Å². The lowest BCUT2D eigenvalue weighted by atomic mass is 10.1. The molecule has 2 N–H and O–H groups in total. The zero-order chi connectivity index (χ0) is 21.1. The number of rotatable bonds is 6. The van der Waals surface area contributed by atoms with Gasteiger partial charge in [0.1, 0.15) is 11.5 Å². The fraction of sp³-hybridized carbons (Fsp3) is 0.174. The molecule has 2 aromatic heterocycles. The topological polar surface area (TPSA) is 89.2 Å². The quantitative estimate of drug-likeness (QED) is 0.613. The molecule has 0 unspecified atom stereocenters. The highest BCUT2D eigenvalue weighted by molar-refractivity contribution is 6.07. The maximum Gasteiger partial charge on any atom is 0.267 e. The summed E-state index contributed by atoms with van der Waals surface area (Å²) in [5.41, 5.74) is 2.80. The first-order chi connectivity index (χ1) is 14.5. The van der Waals surface area contributed by atoms with Crippen molar-refractivity contribution in [2.75, 3.05) is 11.9 Å². The van der Waals surface area contributed by atoms with Crippen molar-refractivity contribution < 1.29 is 14.1 Å². The van der Waals surface area contributed by atoms with Gasteiger partial charge in [-0.3, -0.25) is 9.59 Å². The van der Waals surface area contributed by atoms with Gasteiger partial charge in [0.2, 0.25) is 0 Å². The Labute approximate surface area is 173 Å². The van der Waals surface area contributed by atoms with Crippen molar-refractivity contribution in [1.29, 1.82) is 0 Å². The Hall–Kier alpha value is -3.87. The zero-order valence-corrected chi connectivity index (χ0v) is 16.5. The van der Waals surface area contributed by atoms with E-state index in [1.807, 2.05) is 22.8 Å². The standard InChI is InChI=1S/C23H22N4O3/c1-3-4-6-15(2)11-18-14-21(26-30-18)25-22(28)17-8-7-16-12-20-23(29)24-9-5-10-27(20)19(16)13-17/h3-4,6-8,12-14H,1-2,5,9-11H2,(H,24,29)(H,25,26,28). The lowest BCUT2D eigenvalue weighted by molar-refractivity contribution is 0.0950. The van der Waals surface area contributed by atoms with Crippen LogP contribution in [0.3, 0.4) is 0 Å². The first-order valence-corrected chi connectivity index (χ1v) is 9.70. The number of aromatic nitrogens is 2. The molecule has 152 valence electrons. The molecule has 4 rings (SSSR count). The van der Waals surface area contributed by atoms with E-state index in [4.69, 9.17) is 4.52 Å². The number of hydrogen-bond acceptors (Lipinski definition) is 4. The Morgan fingerprint density at radius 3 is 3.03 bits per heavy atom. The highest BCUT2D eigenvalue weighted by atomic mass is 16.5. The van der Waals surface area contributed by atoms with Crippen molar-refractivity contribution in [2.24, 2.45) is 0 Å². The minimum absolute atomic E-state index is 0.0886. The maximum atomic E-state index is 12.7. The zero-order valence-electron chi connectivity index (χ0n) is 16.5. The monoisotopic (exact) mass is 402 g/mol. The number of amides is 2. The summed E-state index contributed by atoms with van der Waals surface area (Å²) in [6.07, 6.45) is 6.63. The lowest BCUT2D eigenvalue weighted by Gasteiger charge is -2.06. The Kier molecular flexibility index (Phi) is 5.34. The van der Waals surface area contributed by atoms with Gasteiger partial charge in [0, 0.05) is 42.0 Å². The number of nitrogens with zero attached hydrogens (tertiary/aromatic N) is 2. The molecular weight excluding hydrogens is 380 g/mol. The summed E-state index contributed by atoms with van der Waals surface area (Å²) in [5, 5.41) is 10.5. The van der Waals surface area contributed by atoms with E-state index >= 15 is 0 Å². The van der Waals surface area contributed by atoms with Crippen LogP contribution in [0.5, 0.6) is 0 Å². The van der Waals surface area contributed by atoms with E-state index in [0.717, 1.165) is 29.4 Å². The average molecular weight is 402 g/mol. The van der Waals surface area contributed by atoms with Crippen LogP contribution >= 0.6 is 0 Å². The summed E-state index contributed by atoms with van der Waals surface area (Å²) in [4.78, 5) is 25.0. The largest absolute Gasteiger partial charge is 0.359 e. The summed E-state index contributed by atoms with van der Waals surface area (Å²) in [6.45, 7) is 8.92. The van der Waals surface area contributed by atoms with Gasteiger partial charge in [-0.25, -0.2) is 0 Å². The van der Waals surface area contributed by atoms with E-state index in [0.29, 0.717) is 35.8 Å². The molecule has 0 bridgehead atoms. The number of carbonyl (C=O) groups is 2. The third-order valence-corrected chi connectivity index (χ3v) is 4.91. The summed E-state index contributed by atoms with van der Waals surface area (Å²) >= 11 is 0. The SMILES string of the molecule is C=CC=CC(=C)Cc1cc(NC(=O)c2ccc3cc4n(c3c2)CCCNC4=O)no1. The molecule has 0 fully saturated rings. The molecule has 2 amide bonds.